The topological polar surface area (TPSA) is 35.5 Å². The number of benzene rings is 1. The van der Waals surface area contributed by atoms with E-state index in [9.17, 15) is 5.11 Å². The molecule has 0 radical (unpaired) electrons. The maximum atomic E-state index is 9.59. The maximum Gasteiger partial charge on any atom is 0.0647 e. The molecule has 2 N–H and O–H groups in total. The third-order valence-corrected chi connectivity index (χ3v) is 3.87. The van der Waals surface area contributed by atoms with Gasteiger partial charge >= 0.3 is 0 Å². The second kappa shape index (κ2) is 5.59. The summed E-state index contributed by atoms with van der Waals surface area (Å²) >= 11 is 3.51. The molecule has 0 bridgehead atoms. The first kappa shape index (κ1) is 13.8. The van der Waals surface area contributed by atoms with Crippen molar-refractivity contribution in [1.82, 2.24) is 5.32 Å². The average molecular weight is 313 g/mol. The SMILES string of the molecule is CC1(C)CNCC(CO)N(c2cccc(Br)c2)C1. The van der Waals surface area contributed by atoms with Crippen molar-refractivity contribution in [3.63, 3.8) is 0 Å². The molecule has 1 saturated heterocycles. The van der Waals surface area contributed by atoms with E-state index >= 15 is 0 Å². The van der Waals surface area contributed by atoms with Crippen LogP contribution in [0.1, 0.15) is 13.8 Å². The first-order valence-electron chi connectivity index (χ1n) is 6.36. The van der Waals surface area contributed by atoms with E-state index in [1.54, 1.807) is 0 Å². The predicted octanol–water partition coefficient (Wildman–Crippen LogP) is 2.25. The normalized spacial score (nSPS) is 23.8. The Bertz CT molecular complexity index is 409. The van der Waals surface area contributed by atoms with Gasteiger partial charge in [0.05, 0.1) is 12.6 Å². The Morgan fingerprint density at radius 2 is 2.28 bits per heavy atom. The molecule has 1 atom stereocenters. The molecule has 1 aliphatic heterocycles. The van der Waals surface area contributed by atoms with E-state index in [0.29, 0.717) is 0 Å². The molecule has 0 spiro atoms. The van der Waals surface area contributed by atoms with Crippen LogP contribution in [0.4, 0.5) is 5.69 Å². The molecule has 2 rings (SSSR count). The van der Waals surface area contributed by atoms with Gasteiger partial charge in [-0.1, -0.05) is 35.8 Å². The summed E-state index contributed by atoms with van der Waals surface area (Å²) in [6, 6.07) is 8.43. The number of hydrogen-bond donors (Lipinski definition) is 2. The number of halogens is 1. The Hall–Kier alpha value is -0.580. The molecule has 0 aliphatic carbocycles. The number of nitrogens with one attached hydrogen (secondary N) is 1. The lowest BCUT2D eigenvalue weighted by atomic mass is 9.93. The van der Waals surface area contributed by atoms with E-state index in [0.717, 1.165) is 24.1 Å². The quantitative estimate of drug-likeness (QED) is 0.879. The zero-order valence-electron chi connectivity index (χ0n) is 11.0. The van der Waals surface area contributed by atoms with Gasteiger partial charge in [-0.05, 0) is 23.6 Å². The Morgan fingerprint density at radius 1 is 1.50 bits per heavy atom. The van der Waals surface area contributed by atoms with E-state index in [2.05, 4.69) is 52.1 Å². The fraction of sp³-hybridized carbons (Fsp3) is 0.571. The molecule has 3 nitrogen and oxygen atoms in total. The molecule has 1 aromatic carbocycles. The van der Waals surface area contributed by atoms with Crippen LogP contribution < -0.4 is 10.2 Å². The first-order valence-corrected chi connectivity index (χ1v) is 7.15. The highest BCUT2D eigenvalue weighted by Crippen LogP contribution is 2.27. The molecular formula is C14H21BrN2O. The summed E-state index contributed by atoms with van der Waals surface area (Å²) in [7, 11) is 0. The van der Waals surface area contributed by atoms with Gasteiger partial charge in [-0.15, -0.1) is 0 Å². The molecule has 4 heteroatoms. The smallest absolute Gasteiger partial charge is 0.0647 e. The summed E-state index contributed by atoms with van der Waals surface area (Å²) in [4.78, 5) is 2.31. The van der Waals surface area contributed by atoms with Gasteiger partial charge in [0.2, 0.25) is 0 Å². The summed E-state index contributed by atoms with van der Waals surface area (Å²) < 4.78 is 1.08. The van der Waals surface area contributed by atoms with E-state index in [1.807, 2.05) is 12.1 Å². The Balaban J connectivity index is 2.30. The lowest BCUT2D eigenvalue weighted by Gasteiger charge is -2.35. The van der Waals surface area contributed by atoms with Crippen LogP contribution in [0.15, 0.2) is 28.7 Å². The molecular weight excluding hydrogens is 292 g/mol. The fourth-order valence-corrected chi connectivity index (χ4v) is 2.84. The van der Waals surface area contributed by atoms with Gasteiger partial charge < -0.3 is 15.3 Å². The van der Waals surface area contributed by atoms with Crippen LogP contribution >= 0.6 is 15.9 Å². The van der Waals surface area contributed by atoms with Crippen LogP contribution in [0.5, 0.6) is 0 Å². The molecule has 1 unspecified atom stereocenters. The van der Waals surface area contributed by atoms with Crippen molar-refractivity contribution >= 4 is 21.6 Å². The minimum Gasteiger partial charge on any atom is -0.394 e. The molecule has 1 heterocycles. The van der Waals surface area contributed by atoms with Gasteiger partial charge in [0.15, 0.2) is 0 Å². The van der Waals surface area contributed by atoms with Crippen molar-refractivity contribution in [3.8, 4) is 0 Å². The molecule has 1 aromatic rings. The average Bonchev–Trinajstić information content (AvgIpc) is 2.47. The first-order chi connectivity index (χ1) is 8.52. The van der Waals surface area contributed by atoms with Gasteiger partial charge in [-0.25, -0.2) is 0 Å². The number of aliphatic hydroxyl groups is 1. The van der Waals surface area contributed by atoms with Crippen LogP contribution in [-0.2, 0) is 0 Å². The molecule has 100 valence electrons. The van der Waals surface area contributed by atoms with Crippen molar-refractivity contribution in [1.29, 1.82) is 0 Å². The van der Waals surface area contributed by atoms with E-state index in [4.69, 9.17) is 0 Å². The summed E-state index contributed by atoms with van der Waals surface area (Å²) in [5.74, 6) is 0. The van der Waals surface area contributed by atoms with Gasteiger partial charge in [0, 0.05) is 29.8 Å². The largest absolute Gasteiger partial charge is 0.394 e. The van der Waals surface area contributed by atoms with Crippen LogP contribution in [0.3, 0.4) is 0 Å². The third kappa shape index (κ3) is 3.25. The number of anilines is 1. The monoisotopic (exact) mass is 312 g/mol. The second-order valence-corrected chi connectivity index (χ2v) is 6.65. The summed E-state index contributed by atoms with van der Waals surface area (Å²) in [6.45, 7) is 7.44. The second-order valence-electron chi connectivity index (χ2n) is 5.74. The number of hydrogen-bond acceptors (Lipinski definition) is 3. The van der Waals surface area contributed by atoms with Crippen molar-refractivity contribution in [2.24, 2.45) is 5.41 Å². The van der Waals surface area contributed by atoms with E-state index < -0.39 is 0 Å². The lowest BCUT2D eigenvalue weighted by molar-refractivity contribution is 0.258. The Kier molecular flexibility index (Phi) is 4.30. The van der Waals surface area contributed by atoms with Crippen molar-refractivity contribution in [2.75, 3.05) is 31.1 Å². The van der Waals surface area contributed by atoms with Gasteiger partial charge in [-0.3, -0.25) is 0 Å². The molecule has 0 amide bonds. The van der Waals surface area contributed by atoms with Gasteiger partial charge in [-0.2, -0.15) is 0 Å². The molecule has 1 aliphatic rings. The Morgan fingerprint density at radius 3 is 2.94 bits per heavy atom. The molecule has 0 saturated carbocycles. The van der Waals surface area contributed by atoms with E-state index in [1.165, 1.54) is 5.69 Å². The molecule has 0 aromatic heterocycles. The highest BCUT2D eigenvalue weighted by molar-refractivity contribution is 9.10. The van der Waals surface area contributed by atoms with Crippen molar-refractivity contribution in [2.45, 2.75) is 19.9 Å². The van der Waals surface area contributed by atoms with Crippen LogP contribution in [0, 0.1) is 5.41 Å². The van der Waals surface area contributed by atoms with Gasteiger partial charge in [0.1, 0.15) is 0 Å². The highest BCUT2D eigenvalue weighted by atomic mass is 79.9. The van der Waals surface area contributed by atoms with Crippen LogP contribution in [-0.4, -0.2) is 37.4 Å². The standard InChI is InChI=1S/C14H21BrN2O/c1-14(2)9-16-7-13(8-18)17(10-14)12-5-3-4-11(15)6-12/h3-6,13,16,18H,7-10H2,1-2H3. The lowest BCUT2D eigenvalue weighted by Crippen LogP contribution is -2.44. The number of aliphatic hydroxyl groups excluding tert-OH is 1. The fourth-order valence-electron chi connectivity index (χ4n) is 2.45. The molecule has 1 fully saturated rings. The van der Waals surface area contributed by atoms with Gasteiger partial charge in [0.25, 0.3) is 0 Å². The highest BCUT2D eigenvalue weighted by Gasteiger charge is 2.30. The van der Waals surface area contributed by atoms with Crippen LogP contribution in [0.2, 0.25) is 0 Å². The summed E-state index contributed by atoms with van der Waals surface area (Å²) in [5, 5.41) is 13.0. The van der Waals surface area contributed by atoms with Crippen molar-refractivity contribution in [3.05, 3.63) is 28.7 Å². The van der Waals surface area contributed by atoms with Crippen LogP contribution in [0.25, 0.3) is 0 Å². The molecule has 18 heavy (non-hydrogen) atoms. The number of nitrogens with zero attached hydrogens (tertiary/aromatic N) is 1. The minimum atomic E-state index is 0.140. The minimum absolute atomic E-state index is 0.140. The third-order valence-electron chi connectivity index (χ3n) is 3.37. The summed E-state index contributed by atoms with van der Waals surface area (Å²) in [5.41, 5.74) is 1.37. The predicted molar refractivity (Wildman–Crippen MR) is 79.0 cm³/mol. The maximum absolute atomic E-state index is 9.59. The number of rotatable bonds is 2. The zero-order valence-corrected chi connectivity index (χ0v) is 12.6. The Labute approximate surface area is 117 Å². The summed E-state index contributed by atoms with van der Waals surface area (Å²) in [6.07, 6.45) is 0. The van der Waals surface area contributed by atoms with E-state index in [-0.39, 0.29) is 18.1 Å². The van der Waals surface area contributed by atoms with Crippen molar-refractivity contribution < 1.29 is 5.11 Å². The zero-order chi connectivity index (χ0) is 13.2.